The lowest BCUT2D eigenvalue weighted by Crippen LogP contribution is -2.35. The maximum Gasteiger partial charge on any atom is 0.410 e. The highest BCUT2D eigenvalue weighted by Crippen LogP contribution is 2.26. The summed E-state index contributed by atoms with van der Waals surface area (Å²) in [5.41, 5.74) is -0.108. The number of hydrogen-bond donors (Lipinski definition) is 0. The van der Waals surface area contributed by atoms with Crippen molar-refractivity contribution in [2.75, 3.05) is 20.2 Å². The van der Waals surface area contributed by atoms with Gasteiger partial charge in [-0.2, -0.15) is 0 Å². The Balaban J connectivity index is 1.92. The van der Waals surface area contributed by atoms with E-state index in [9.17, 15) is 9.59 Å². The van der Waals surface area contributed by atoms with E-state index in [0.29, 0.717) is 35.6 Å². The third kappa shape index (κ3) is 4.93. The molecular formula is C17H23BrN2O4. The largest absolute Gasteiger partial charge is 0.494 e. The van der Waals surface area contributed by atoms with Crippen molar-refractivity contribution in [2.45, 2.75) is 39.2 Å². The molecule has 0 aliphatic carbocycles. The Labute approximate surface area is 150 Å². The second-order valence-corrected chi connectivity index (χ2v) is 7.65. The lowest BCUT2D eigenvalue weighted by Gasteiger charge is -2.24. The lowest BCUT2D eigenvalue weighted by molar-refractivity contribution is 0.0286. The van der Waals surface area contributed by atoms with Crippen molar-refractivity contribution < 1.29 is 19.1 Å². The highest BCUT2D eigenvalue weighted by molar-refractivity contribution is 9.10. The van der Waals surface area contributed by atoms with Crippen LogP contribution in [0.15, 0.2) is 16.7 Å². The average molecular weight is 399 g/mol. The summed E-state index contributed by atoms with van der Waals surface area (Å²) in [6.45, 7) is 6.68. The van der Waals surface area contributed by atoms with Crippen LogP contribution < -0.4 is 4.74 Å². The smallest absolute Gasteiger partial charge is 0.410 e. The molecule has 0 radical (unpaired) electrons. The van der Waals surface area contributed by atoms with Gasteiger partial charge >= 0.3 is 6.09 Å². The summed E-state index contributed by atoms with van der Waals surface area (Å²) < 4.78 is 11.0. The molecule has 0 N–H and O–H groups in total. The van der Waals surface area contributed by atoms with Crippen molar-refractivity contribution in [3.05, 3.63) is 22.4 Å². The fourth-order valence-electron chi connectivity index (χ4n) is 2.59. The number of hydrogen-bond acceptors (Lipinski definition) is 5. The van der Waals surface area contributed by atoms with E-state index in [1.54, 1.807) is 24.1 Å². The molecule has 1 aliphatic heterocycles. The van der Waals surface area contributed by atoms with Gasteiger partial charge in [0.05, 0.1) is 7.11 Å². The van der Waals surface area contributed by atoms with Gasteiger partial charge in [-0.15, -0.1) is 0 Å². The Bertz CT molecular complexity index is 628. The van der Waals surface area contributed by atoms with Crippen LogP contribution in [0.2, 0.25) is 0 Å². The Kier molecular flexibility index (Phi) is 5.85. The number of ketones is 1. The van der Waals surface area contributed by atoms with Gasteiger partial charge in [-0.05, 0) is 61.2 Å². The van der Waals surface area contributed by atoms with Crippen LogP contribution in [0.1, 0.15) is 44.1 Å². The van der Waals surface area contributed by atoms with Crippen LogP contribution in [0.25, 0.3) is 0 Å². The Morgan fingerprint density at radius 1 is 1.38 bits per heavy atom. The number of aromatic nitrogens is 1. The summed E-state index contributed by atoms with van der Waals surface area (Å²) >= 11 is 3.29. The third-order valence-electron chi connectivity index (χ3n) is 3.73. The quantitative estimate of drug-likeness (QED) is 0.571. The lowest BCUT2D eigenvalue weighted by atomic mass is 10.00. The van der Waals surface area contributed by atoms with E-state index >= 15 is 0 Å². The van der Waals surface area contributed by atoms with E-state index in [4.69, 9.17) is 9.47 Å². The Morgan fingerprint density at radius 2 is 2.08 bits per heavy atom. The molecule has 1 fully saturated rings. The first-order valence-electron chi connectivity index (χ1n) is 7.91. The molecule has 0 spiro atoms. The van der Waals surface area contributed by atoms with Crippen LogP contribution in [0.5, 0.6) is 5.75 Å². The van der Waals surface area contributed by atoms with E-state index in [0.717, 1.165) is 6.42 Å². The summed E-state index contributed by atoms with van der Waals surface area (Å²) in [5, 5.41) is 0. The maximum absolute atomic E-state index is 12.4. The second-order valence-electron chi connectivity index (χ2n) is 6.90. The first kappa shape index (κ1) is 18.7. The predicted molar refractivity (Wildman–Crippen MR) is 93.4 cm³/mol. The highest BCUT2D eigenvalue weighted by atomic mass is 79.9. The van der Waals surface area contributed by atoms with Crippen molar-refractivity contribution in [1.29, 1.82) is 0 Å². The number of Topliss-reactive ketones (excluding diaryl/α,β-unsaturated/α-hetero) is 1. The molecule has 0 aromatic carbocycles. The zero-order chi connectivity index (χ0) is 17.9. The average Bonchev–Trinajstić information content (AvgIpc) is 2.94. The molecule has 24 heavy (non-hydrogen) atoms. The summed E-state index contributed by atoms with van der Waals surface area (Å²) in [7, 11) is 1.55. The van der Waals surface area contributed by atoms with Gasteiger partial charge in [-0.1, -0.05) is 0 Å². The number of ether oxygens (including phenoxy) is 2. The van der Waals surface area contributed by atoms with Gasteiger partial charge in [0.2, 0.25) is 0 Å². The zero-order valence-corrected chi connectivity index (χ0v) is 16.1. The fourth-order valence-corrected chi connectivity index (χ4v) is 3.07. The van der Waals surface area contributed by atoms with Crippen molar-refractivity contribution >= 4 is 27.8 Å². The van der Waals surface area contributed by atoms with Crippen molar-refractivity contribution in [2.24, 2.45) is 5.92 Å². The number of rotatable bonds is 4. The van der Waals surface area contributed by atoms with E-state index in [2.05, 4.69) is 20.9 Å². The zero-order valence-electron chi connectivity index (χ0n) is 14.5. The van der Waals surface area contributed by atoms with E-state index in [1.807, 2.05) is 20.8 Å². The van der Waals surface area contributed by atoms with Crippen LogP contribution in [0, 0.1) is 5.92 Å². The van der Waals surface area contributed by atoms with Gasteiger partial charge < -0.3 is 14.4 Å². The van der Waals surface area contributed by atoms with Crippen molar-refractivity contribution in [1.82, 2.24) is 9.88 Å². The van der Waals surface area contributed by atoms with E-state index < -0.39 is 5.60 Å². The third-order valence-corrected chi connectivity index (χ3v) is 4.30. The number of pyridine rings is 1. The summed E-state index contributed by atoms with van der Waals surface area (Å²) in [5.74, 6) is 0.686. The molecule has 1 unspecified atom stereocenters. The molecule has 0 saturated carbocycles. The number of methoxy groups -OCH3 is 1. The molecule has 132 valence electrons. The highest BCUT2D eigenvalue weighted by Gasteiger charge is 2.31. The van der Waals surface area contributed by atoms with Crippen LogP contribution >= 0.6 is 15.9 Å². The van der Waals surface area contributed by atoms with Gasteiger partial charge in [0.15, 0.2) is 11.5 Å². The maximum atomic E-state index is 12.4. The summed E-state index contributed by atoms with van der Waals surface area (Å²) in [6.07, 6.45) is 0.843. The SMILES string of the molecule is COc1ccc(C(=O)CC2CCN(C(=O)OC(C)(C)C)C2)nc1Br. The molecule has 0 bridgehead atoms. The minimum absolute atomic E-state index is 0.0330. The van der Waals surface area contributed by atoms with Crippen LogP contribution in [0.3, 0.4) is 0 Å². The van der Waals surface area contributed by atoms with Crippen LogP contribution in [-0.4, -0.2) is 47.6 Å². The first-order valence-corrected chi connectivity index (χ1v) is 8.70. The van der Waals surface area contributed by atoms with E-state index in [-0.39, 0.29) is 17.8 Å². The van der Waals surface area contributed by atoms with Gasteiger partial charge in [-0.3, -0.25) is 4.79 Å². The minimum Gasteiger partial charge on any atom is -0.494 e. The molecule has 1 aromatic rings. The number of carbonyl (C=O) groups excluding carboxylic acids is 2. The molecule has 6 nitrogen and oxygen atoms in total. The first-order chi connectivity index (χ1) is 11.2. The van der Waals surface area contributed by atoms with Gasteiger partial charge in [0, 0.05) is 19.5 Å². The molecule has 2 rings (SSSR count). The normalized spacial score (nSPS) is 17.7. The molecule has 2 heterocycles. The second kappa shape index (κ2) is 7.51. The van der Waals surface area contributed by atoms with Gasteiger partial charge in [0.25, 0.3) is 0 Å². The van der Waals surface area contributed by atoms with Crippen molar-refractivity contribution in [3.63, 3.8) is 0 Å². The number of halogens is 1. The van der Waals surface area contributed by atoms with Crippen LogP contribution in [0.4, 0.5) is 4.79 Å². The number of likely N-dealkylation sites (tertiary alicyclic amines) is 1. The number of amides is 1. The van der Waals surface area contributed by atoms with Gasteiger partial charge in [-0.25, -0.2) is 9.78 Å². The topological polar surface area (TPSA) is 68.7 Å². The van der Waals surface area contributed by atoms with Gasteiger partial charge in [0.1, 0.15) is 15.9 Å². The molecule has 1 aromatic heterocycles. The van der Waals surface area contributed by atoms with Crippen molar-refractivity contribution in [3.8, 4) is 5.75 Å². The fraction of sp³-hybridized carbons (Fsp3) is 0.588. The molecule has 7 heteroatoms. The standard InChI is InChI=1S/C17H23BrN2O4/c1-17(2,3)24-16(22)20-8-7-11(10-20)9-13(21)12-5-6-14(23-4)15(18)19-12/h5-6,11H,7-10H2,1-4H3. The Morgan fingerprint density at radius 3 is 2.67 bits per heavy atom. The molecular weight excluding hydrogens is 376 g/mol. The van der Waals surface area contributed by atoms with Crippen LogP contribution in [-0.2, 0) is 4.74 Å². The molecule has 1 saturated heterocycles. The Hall–Kier alpha value is -1.63. The number of carbonyl (C=O) groups is 2. The molecule has 1 aliphatic rings. The van der Waals surface area contributed by atoms with E-state index in [1.165, 1.54) is 0 Å². The predicted octanol–water partition coefficient (Wildman–Crippen LogP) is 3.68. The minimum atomic E-state index is -0.510. The summed E-state index contributed by atoms with van der Waals surface area (Å²) in [6, 6.07) is 3.37. The molecule has 1 atom stereocenters. The number of nitrogens with zero attached hydrogens (tertiary/aromatic N) is 2. The monoisotopic (exact) mass is 398 g/mol. The summed E-state index contributed by atoms with van der Waals surface area (Å²) in [4.78, 5) is 30.4. The molecule has 1 amide bonds.